The predicted octanol–water partition coefficient (Wildman–Crippen LogP) is 3.89. The number of carbonyl (C=O) groups is 1. The van der Waals surface area contributed by atoms with Crippen LogP contribution in [-0.4, -0.2) is 43.2 Å². The van der Waals surface area contributed by atoms with Crippen LogP contribution in [-0.2, 0) is 20.9 Å². The quantitative estimate of drug-likeness (QED) is 0.609. The first-order valence-electron chi connectivity index (χ1n) is 9.36. The molecular formula is C21H23N3O3S. The standard InChI is InChI=1S/C21H23N3O3S/c1-26-12-17-22-19(24-10-6-9-15(11-24)21(25)27-2)18-16(13-28-20(18)23-17)14-7-4-3-5-8-14/h3-5,7-8,13,15H,6,9-12H2,1-2H3/t15-/m0/s1. The summed E-state index contributed by atoms with van der Waals surface area (Å²) in [6.07, 6.45) is 1.77. The minimum atomic E-state index is -0.152. The molecule has 0 unspecified atom stereocenters. The average molecular weight is 398 g/mol. The van der Waals surface area contributed by atoms with Crippen LogP contribution in [0, 0.1) is 5.92 Å². The fraction of sp³-hybridized carbons (Fsp3) is 0.381. The van der Waals surface area contributed by atoms with Gasteiger partial charge in [-0.2, -0.15) is 0 Å². The van der Waals surface area contributed by atoms with E-state index in [4.69, 9.17) is 19.4 Å². The molecule has 0 saturated carbocycles. The highest BCUT2D eigenvalue weighted by atomic mass is 32.1. The summed E-state index contributed by atoms with van der Waals surface area (Å²) >= 11 is 1.61. The summed E-state index contributed by atoms with van der Waals surface area (Å²) < 4.78 is 10.3. The van der Waals surface area contributed by atoms with Crippen molar-refractivity contribution in [3.05, 3.63) is 41.5 Å². The van der Waals surface area contributed by atoms with E-state index in [1.165, 1.54) is 7.11 Å². The Balaban J connectivity index is 1.82. The third kappa shape index (κ3) is 3.59. The van der Waals surface area contributed by atoms with Crippen molar-refractivity contribution in [3.63, 3.8) is 0 Å². The second kappa shape index (κ2) is 8.24. The number of ether oxygens (including phenoxy) is 2. The van der Waals surface area contributed by atoms with Gasteiger partial charge >= 0.3 is 5.97 Å². The third-order valence-corrected chi connectivity index (χ3v) is 5.95. The van der Waals surface area contributed by atoms with Crippen molar-refractivity contribution in [1.29, 1.82) is 0 Å². The molecule has 1 aliphatic heterocycles. The van der Waals surface area contributed by atoms with Gasteiger partial charge in [0, 0.05) is 31.1 Å². The summed E-state index contributed by atoms with van der Waals surface area (Å²) in [4.78, 5) is 24.8. The van der Waals surface area contributed by atoms with Crippen LogP contribution < -0.4 is 4.90 Å². The number of rotatable bonds is 5. The van der Waals surface area contributed by atoms with Gasteiger partial charge in [-0.05, 0) is 18.4 Å². The monoisotopic (exact) mass is 397 g/mol. The topological polar surface area (TPSA) is 64.5 Å². The van der Waals surface area contributed by atoms with Crippen molar-refractivity contribution in [1.82, 2.24) is 9.97 Å². The summed E-state index contributed by atoms with van der Waals surface area (Å²) in [5, 5.41) is 3.18. The van der Waals surface area contributed by atoms with Gasteiger partial charge in [0.1, 0.15) is 17.3 Å². The van der Waals surface area contributed by atoms with Gasteiger partial charge in [0.2, 0.25) is 0 Å². The van der Waals surface area contributed by atoms with E-state index < -0.39 is 0 Å². The Kier molecular flexibility index (Phi) is 5.54. The highest BCUT2D eigenvalue weighted by Gasteiger charge is 2.29. The molecule has 4 rings (SSSR count). The molecule has 1 saturated heterocycles. The maximum Gasteiger partial charge on any atom is 0.310 e. The molecule has 6 nitrogen and oxygen atoms in total. The molecule has 1 fully saturated rings. The van der Waals surface area contributed by atoms with Gasteiger partial charge in [-0.3, -0.25) is 4.79 Å². The summed E-state index contributed by atoms with van der Waals surface area (Å²) in [6, 6.07) is 10.3. The molecule has 0 spiro atoms. The van der Waals surface area contributed by atoms with E-state index in [-0.39, 0.29) is 11.9 Å². The minimum absolute atomic E-state index is 0.131. The van der Waals surface area contributed by atoms with Crippen LogP contribution in [0.2, 0.25) is 0 Å². The normalized spacial score (nSPS) is 17.1. The summed E-state index contributed by atoms with van der Waals surface area (Å²) in [5.74, 6) is 1.26. The zero-order valence-corrected chi connectivity index (χ0v) is 16.9. The molecule has 3 aromatic rings. The molecule has 1 atom stereocenters. The number of methoxy groups -OCH3 is 2. The maximum atomic E-state index is 12.1. The maximum absolute atomic E-state index is 12.1. The first-order valence-corrected chi connectivity index (χ1v) is 10.2. The third-order valence-electron chi connectivity index (χ3n) is 5.07. The van der Waals surface area contributed by atoms with Gasteiger partial charge in [0.05, 0.1) is 18.4 Å². The molecule has 1 aliphatic rings. The zero-order valence-electron chi connectivity index (χ0n) is 16.1. The predicted molar refractivity (Wildman–Crippen MR) is 111 cm³/mol. The number of nitrogens with zero attached hydrogens (tertiary/aromatic N) is 3. The largest absolute Gasteiger partial charge is 0.469 e. The number of aromatic nitrogens is 2. The van der Waals surface area contributed by atoms with Gasteiger partial charge in [0.15, 0.2) is 5.82 Å². The SMILES string of the molecule is COCc1nc(N2CCC[C@H](C(=O)OC)C2)c2c(-c3ccccc3)csc2n1. The lowest BCUT2D eigenvalue weighted by atomic mass is 9.97. The Morgan fingerprint density at radius 3 is 2.82 bits per heavy atom. The molecule has 0 N–H and O–H groups in total. The van der Waals surface area contributed by atoms with E-state index in [0.29, 0.717) is 19.0 Å². The molecule has 0 amide bonds. The Hall–Kier alpha value is -2.51. The van der Waals surface area contributed by atoms with Gasteiger partial charge in [0.25, 0.3) is 0 Å². The lowest BCUT2D eigenvalue weighted by molar-refractivity contribution is -0.145. The fourth-order valence-electron chi connectivity index (χ4n) is 3.75. The number of hydrogen-bond acceptors (Lipinski definition) is 7. The van der Waals surface area contributed by atoms with Crippen molar-refractivity contribution in [2.45, 2.75) is 19.4 Å². The number of thiophene rings is 1. The van der Waals surface area contributed by atoms with Crippen LogP contribution >= 0.6 is 11.3 Å². The van der Waals surface area contributed by atoms with Gasteiger partial charge in [-0.25, -0.2) is 9.97 Å². The molecular weight excluding hydrogens is 374 g/mol. The van der Waals surface area contributed by atoms with E-state index in [1.807, 2.05) is 18.2 Å². The summed E-state index contributed by atoms with van der Waals surface area (Å²) in [6.45, 7) is 1.82. The lowest BCUT2D eigenvalue weighted by Gasteiger charge is -2.33. The summed E-state index contributed by atoms with van der Waals surface area (Å²) in [5.41, 5.74) is 2.26. The number of piperidine rings is 1. The van der Waals surface area contributed by atoms with Crippen molar-refractivity contribution in [3.8, 4) is 11.1 Å². The zero-order chi connectivity index (χ0) is 19.5. The van der Waals surface area contributed by atoms with Crippen LogP contribution in [0.25, 0.3) is 21.3 Å². The molecule has 0 bridgehead atoms. The Morgan fingerprint density at radius 2 is 2.07 bits per heavy atom. The van der Waals surface area contributed by atoms with Crippen LogP contribution in [0.3, 0.4) is 0 Å². The van der Waals surface area contributed by atoms with Crippen molar-refractivity contribution >= 4 is 33.3 Å². The minimum Gasteiger partial charge on any atom is -0.469 e. The van der Waals surface area contributed by atoms with Gasteiger partial charge in [-0.1, -0.05) is 30.3 Å². The van der Waals surface area contributed by atoms with Gasteiger partial charge in [-0.15, -0.1) is 11.3 Å². The fourth-order valence-corrected chi connectivity index (χ4v) is 4.71. The number of esters is 1. The number of benzene rings is 1. The highest BCUT2D eigenvalue weighted by molar-refractivity contribution is 7.17. The Labute approximate surface area is 168 Å². The summed E-state index contributed by atoms with van der Waals surface area (Å²) in [7, 11) is 3.10. The van der Waals surface area contributed by atoms with Crippen LogP contribution in [0.15, 0.2) is 35.7 Å². The van der Waals surface area contributed by atoms with Gasteiger partial charge < -0.3 is 14.4 Å². The smallest absolute Gasteiger partial charge is 0.310 e. The lowest BCUT2D eigenvalue weighted by Crippen LogP contribution is -2.39. The second-order valence-corrected chi connectivity index (χ2v) is 7.76. The molecule has 1 aromatic carbocycles. The van der Waals surface area contributed by atoms with Crippen LogP contribution in [0.1, 0.15) is 18.7 Å². The number of fused-ring (bicyclic) bond motifs is 1. The first kappa shape index (κ1) is 18.8. The average Bonchev–Trinajstić information content (AvgIpc) is 3.17. The van der Waals surface area contributed by atoms with E-state index in [1.54, 1.807) is 18.4 Å². The van der Waals surface area contributed by atoms with E-state index in [2.05, 4.69) is 22.4 Å². The molecule has 2 aromatic heterocycles. The second-order valence-electron chi connectivity index (χ2n) is 6.90. The molecule has 146 valence electrons. The van der Waals surface area contributed by atoms with Crippen LogP contribution in [0.5, 0.6) is 0 Å². The number of anilines is 1. The van der Waals surface area contributed by atoms with E-state index >= 15 is 0 Å². The molecule has 7 heteroatoms. The Morgan fingerprint density at radius 1 is 1.25 bits per heavy atom. The van der Waals surface area contributed by atoms with Crippen LogP contribution in [0.4, 0.5) is 5.82 Å². The molecule has 0 aliphatic carbocycles. The number of hydrogen-bond donors (Lipinski definition) is 0. The first-order chi connectivity index (χ1) is 13.7. The molecule has 3 heterocycles. The van der Waals surface area contributed by atoms with Crippen molar-refractivity contribution < 1.29 is 14.3 Å². The van der Waals surface area contributed by atoms with E-state index in [0.717, 1.165) is 46.5 Å². The molecule has 28 heavy (non-hydrogen) atoms. The van der Waals surface area contributed by atoms with Crippen molar-refractivity contribution in [2.75, 3.05) is 32.2 Å². The van der Waals surface area contributed by atoms with E-state index in [9.17, 15) is 4.79 Å². The number of carbonyl (C=O) groups excluding carboxylic acids is 1. The molecule has 0 radical (unpaired) electrons. The van der Waals surface area contributed by atoms with Crippen molar-refractivity contribution in [2.24, 2.45) is 5.92 Å². The highest BCUT2D eigenvalue weighted by Crippen LogP contribution is 2.39. The Bertz CT molecular complexity index is 974.